The second kappa shape index (κ2) is 12.4. The molecule has 0 spiro atoms. The van der Waals surface area contributed by atoms with Crippen LogP contribution in [-0.2, 0) is 6.18 Å². The fourth-order valence-electron chi connectivity index (χ4n) is 6.43. The summed E-state index contributed by atoms with van der Waals surface area (Å²) in [6, 6.07) is 8.32. The van der Waals surface area contributed by atoms with Crippen LogP contribution in [0.1, 0.15) is 111 Å². The summed E-state index contributed by atoms with van der Waals surface area (Å²) in [7, 11) is 0. The van der Waals surface area contributed by atoms with Gasteiger partial charge in [-0.2, -0.15) is 13.2 Å². The van der Waals surface area contributed by atoms with Gasteiger partial charge in [-0.1, -0.05) is 57.9 Å². The van der Waals surface area contributed by atoms with E-state index in [4.69, 9.17) is 4.74 Å². The average molecular weight is 519 g/mol. The average Bonchev–Trinajstić information content (AvgIpc) is 2.88. The van der Waals surface area contributed by atoms with E-state index in [1.54, 1.807) is 12.1 Å². The molecule has 0 bridgehead atoms. The van der Waals surface area contributed by atoms with Crippen molar-refractivity contribution in [2.75, 3.05) is 0 Å². The molecule has 2 aliphatic carbocycles. The molecule has 4 atom stereocenters. The smallest absolute Gasteiger partial charge is 0.416 e. The maximum atomic E-state index is 15.1. The highest BCUT2D eigenvalue weighted by Crippen LogP contribution is 2.48. The number of hydrogen-bond donors (Lipinski definition) is 0. The molecule has 202 valence electrons. The van der Waals surface area contributed by atoms with Crippen molar-refractivity contribution in [1.82, 2.24) is 0 Å². The highest BCUT2D eigenvalue weighted by Gasteiger charge is 2.36. The Balaban J connectivity index is 1.29. The molecule has 2 nitrogen and oxygen atoms in total. The molecule has 4 rings (SSSR count). The van der Waals surface area contributed by atoms with Crippen molar-refractivity contribution in [2.45, 2.75) is 96.1 Å². The molecule has 2 saturated carbocycles. The van der Waals surface area contributed by atoms with Gasteiger partial charge in [-0.15, -0.1) is 0 Å². The first-order valence-electron chi connectivity index (χ1n) is 13.9. The topological polar surface area (TPSA) is 26.3 Å². The van der Waals surface area contributed by atoms with Crippen LogP contribution in [0.4, 0.5) is 17.6 Å². The first-order valence-corrected chi connectivity index (χ1v) is 13.9. The second-order valence-electron chi connectivity index (χ2n) is 11.1. The summed E-state index contributed by atoms with van der Waals surface area (Å²) < 4.78 is 58.4. The highest BCUT2D eigenvalue weighted by atomic mass is 19.4. The number of rotatable bonds is 9. The van der Waals surface area contributed by atoms with Crippen LogP contribution in [0, 0.1) is 23.6 Å². The maximum absolute atomic E-state index is 15.1. The highest BCUT2D eigenvalue weighted by molar-refractivity contribution is 5.91. The van der Waals surface area contributed by atoms with E-state index in [0.717, 1.165) is 55.4 Å². The number of esters is 1. The minimum atomic E-state index is -4.46. The first-order chi connectivity index (χ1) is 17.7. The van der Waals surface area contributed by atoms with Crippen molar-refractivity contribution in [2.24, 2.45) is 17.8 Å². The number of fused-ring (bicyclic) bond motifs is 1. The Labute approximate surface area is 217 Å². The minimum absolute atomic E-state index is 0.0163. The standard InChI is InChI=1S/C31H38F4O2/c1-2-3-4-5-6-7-21-8-9-23-19-24(11-10-22(23)18-21)28-17-12-25(20-29(28)32)30(36)37-27-15-13-26(14-16-27)31(33,34)35/h12-17,20-24H,2-11,18-19H2,1H3/t21-,22-,23+,24?/m0/s1. The number of carbonyl (C=O) groups excluding carboxylic acids is 1. The fourth-order valence-corrected chi connectivity index (χ4v) is 6.43. The van der Waals surface area contributed by atoms with E-state index < -0.39 is 23.5 Å². The Kier molecular flexibility index (Phi) is 9.31. The second-order valence-corrected chi connectivity index (χ2v) is 11.1. The molecule has 0 amide bonds. The zero-order valence-corrected chi connectivity index (χ0v) is 21.7. The van der Waals surface area contributed by atoms with Crippen LogP contribution >= 0.6 is 0 Å². The number of carbonyl (C=O) groups is 1. The van der Waals surface area contributed by atoms with Crippen molar-refractivity contribution >= 4 is 5.97 Å². The molecule has 0 N–H and O–H groups in total. The van der Waals surface area contributed by atoms with Crippen LogP contribution in [0.25, 0.3) is 0 Å². The van der Waals surface area contributed by atoms with Gasteiger partial charge >= 0.3 is 12.1 Å². The first kappa shape index (κ1) is 27.7. The van der Waals surface area contributed by atoms with Gasteiger partial charge in [-0.05, 0) is 97.7 Å². The van der Waals surface area contributed by atoms with Gasteiger partial charge in [0.25, 0.3) is 0 Å². The summed E-state index contributed by atoms with van der Waals surface area (Å²) >= 11 is 0. The molecule has 2 fully saturated rings. The number of halogens is 4. The molecule has 0 heterocycles. The van der Waals surface area contributed by atoms with Crippen molar-refractivity contribution in [3.8, 4) is 5.75 Å². The van der Waals surface area contributed by atoms with Crippen molar-refractivity contribution in [3.63, 3.8) is 0 Å². The van der Waals surface area contributed by atoms with Crippen LogP contribution in [0.2, 0.25) is 0 Å². The summed E-state index contributed by atoms with van der Waals surface area (Å²) in [5.41, 5.74) is -0.120. The molecule has 0 saturated heterocycles. The molecule has 2 aliphatic rings. The predicted molar refractivity (Wildman–Crippen MR) is 137 cm³/mol. The molecule has 0 aliphatic heterocycles. The van der Waals surface area contributed by atoms with E-state index in [9.17, 15) is 18.0 Å². The van der Waals surface area contributed by atoms with E-state index >= 15 is 4.39 Å². The Bertz CT molecular complexity index is 1030. The van der Waals surface area contributed by atoms with E-state index in [0.29, 0.717) is 11.5 Å². The molecule has 0 radical (unpaired) electrons. The zero-order chi connectivity index (χ0) is 26.4. The lowest BCUT2D eigenvalue weighted by molar-refractivity contribution is -0.137. The third-order valence-electron chi connectivity index (χ3n) is 8.51. The summed E-state index contributed by atoms with van der Waals surface area (Å²) in [4.78, 5) is 12.5. The lowest BCUT2D eigenvalue weighted by Gasteiger charge is -2.42. The van der Waals surface area contributed by atoms with Gasteiger partial charge < -0.3 is 4.74 Å². The number of alkyl halides is 3. The fraction of sp³-hybridized carbons (Fsp3) is 0.581. The zero-order valence-electron chi connectivity index (χ0n) is 21.7. The lowest BCUT2D eigenvalue weighted by atomic mass is 9.63. The summed E-state index contributed by atoms with van der Waals surface area (Å²) in [5, 5.41) is 0. The van der Waals surface area contributed by atoms with E-state index in [1.807, 2.05) is 0 Å². The molecule has 0 aromatic heterocycles. The van der Waals surface area contributed by atoms with Crippen LogP contribution < -0.4 is 4.74 Å². The van der Waals surface area contributed by atoms with Crippen molar-refractivity contribution in [3.05, 3.63) is 65.0 Å². The van der Waals surface area contributed by atoms with Crippen molar-refractivity contribution < 1.29 is 27.1 Å². The largest absolute Gasteiger partial charge is 0.423 e. The van der Waals surface area contributed by atoms with E-state index in [2.05, 4.69) is 6.92 Å². The third kappa shape index (κ3) is 7.36. The van der Waals surface area contributed by atoms with Crippen LogP contribution in [0.15, 0.2) is 42.5 Å². The molecular formula is C31H38F4O2. The normalized spacial score (nSPS) is 23.9. The van der Waals surface area contributed by atoms with Gasteiger partial charge in [0.15, 0.2) is 0 Å². The van der Waals surface area contributed by atoms with Gasteiger partial charge in [-0.3, -0.25) is 0 Å². The monoisotopic (exact) mass is 518 g/mol. The third-order valence-corrected chi connectivity index (χ3v) is 8.51. The molecular weight excluding hydrogens is 480 g/mol. The van der Waals surface area contributed by atoms with E-state index in [1.165, 1.54) is 63.9 Å². The number of unbranched alkanes of at least 4 members (excludes halogenated alkanes) is 4. The summed E-state index contributed by atoms with van der Waals surface area (Å²) in [5.74, 6) is 1.20. The molecule has 1 unspecified atom stereocenters. The Morgan fingerprint density at radius 3 is 2.30 bits per heavy atom. The maximum Gasteiger partial charge on any atom is 0.416 e. The molecule has 6 heteroatoms. The van der Waals surface area contributed by atoms with Gasteiger partial charge in [-0.25, -0.2) is 9.18 Å². The Morgan fingerprint density at radius 1 is 0.892 bits per heavy atom. The molecule has 2 aromatic rings. The summed E-state index contributed by atoms with van der Waals surface area (Å²) in [6.45, 7) is 2.25. The Morgan fingerprint density at radius 2 is 1.59 bits per heavy atom. The number of hydrogen-bond acceptors (Lipinski definition) is 2. The van der Waals surface area contributed by atoms with Gasteiger partial charge in [0.05, 0.1) is 11.1 Å². The van der Waals surface area contributed by atoms with E-state index in [-0.39, 0.29) is 17.2 Å². The summed E-state index contributed by atoms with van der Waals surface area (Å²) in [6.07, 6.45) is 10.5. The predicted octanol–water partition coefficient (Wildman–Crippen LogP) is 9.72. The lowest BCUT2D eigenvalue weighted by Crippen LogP contribution is -2.30. The number of ether oxygens (including phenoxy) is 1. The molecule has 37 heavy (non-hydrogen) atoms. The molecule has 2 aromatic carbocycles. The van der Waals surface area contributed by atoms with Gasteiger partial charge in [0.2, 0.25) is 0 Å². The minimum Gasteiger partial charge on any atom is -0.423 e. The van der Waals surface area contributed by atoms with Gasteiger partial charge in [0, 0.05) is 0 Å². The SMILES string of the molecule is CCCCCCC[C@H]1CC[C@@H]2CC(c3ccc(C(=O)Oc4ccc(C(F)(F)F)cc4)cc3F)CC[C@H]2C1. The Hall–Kier alpha value is -2.37. The van der Waals surface area contributed by atoms with Crippen LogP contribution in [0.5, 0.6) is 5.75 Å². The van der Waals surface area contributed by atoms with Crippen molar-refractivity contribution in [1.29, 1.82) is 0 Å². The van der Waals surface area contributed by atoms with Gasteiger partial charge in [0.1, 0.15) is 11.6 Å². The number of benzene rings is 2. The quantitative estimate of drug-likeness (QED) is 0.143. The van der Waals surface area contributed by atoms with Crippen LogP contribution in [0.3, 0.4) is 0 Å². The van der Waals surface area contributed by atoms with Crippen LogP contribution in [-0.4, -0.2) is 5.97 Å².